The van der Waals surface area contributed by atoms with Crippen LogP contribution in [-0.4, -0.2) is 50.0 Å². The minimum atomic E-state index is -2.99. The Labute approximate surface area is 126 Å². The summed E-state index contributed by atoms with van der Waals surface area (Å²) in [7, 11) is -2.99. The average Bonchev–Trinajstić information content (AvgIpc) is 2.82. The van der Waals surface area contributed by atoms with E-state index in [1.807, 2.05) is 44.2 Å². The molecular formula is C15H22N2O3S. The van der Waals surface area contributed by atoms with Gasteiger partial charge in [0.05, 0.1) is 11.5 Å². The molecule has 1 aromatic carbocycles. The number of anilines is 1. The second-order valence-electron chi connectivity index (χ2n) is 5.21. The number of benzene rings is 1. The van der Waals surface area contributed by atoms with Gasteiger partial charge in [-0.1, -0.05) is 18.2 Å². The molecule has 1 aliphatic rings. The van der Waals surface area contributed by atoms with Gasteiger partial charge in [-0.3, -0.25) is 4.90 Å². The van der Waals surface area contributed by atoms with Crippen LogP contribution in [0.3, 0.4) is 0 Å². The van der Waals surface area contributed by atoms with Crippen molar-refractivity contribution >= 4 is 21.6 Å². The molecule has 1 saturated heterocycles. The van der Waals surface area contributed by atoms with E-state index in [1.54, 1.807) is 9.80 Å². The number of hydrogen-bond donors (Lipinski definition) is 0. The first-order valence-corrected chi connectivity index (χ1v) is 9.14. The highest BCUT2D eigenvalue weighted by atomic mass is 32.2. The second kappa shape index (κ2) is 6.47. The molecule has 0 aromatic heterocycles. The fourth-order valence-electron chi connectivity index (χ4n) is 2.76. The lowest BCUT2D eigenvalue weighted by Crippen LogP contribution is -2.48. The van der Waals surface area contributed by atoms with Crippen molar-refractivity contribution in [1.82, 2.24) is 4.90 Å². The van der Waals surface area contributed by atoms with Crippen LogP contribution in [0.1, 0.15) is 20.3 Å². The van der Waals surface area contributed by atoms with Crippen LogP contribution in [-0.2, 0) is 9.84 Å². The molecule has 1 atom stereocenters. The number of hydrogen-bond acceptors (Lipinski definition) is 3. The quantitative estimate of drug-likeness (QED) is 0.856. The Bertz CT molecular complexity index is 586. The monoisotopic (exact) mass is 310 g/mol. The Hall–Kier alpha value is -1.56. The Kier molecular flexibility index (Phi) is 4.88. The molecule has 2 rings (SSSR count). The van der Waals surface area contributed by atoms with Crippen molar-refractivity contribution in [2.24, 2.45) is 0 Å². The molecular weight excluding hydrogens is 288 g/mol. The van der Waals surface area contributed by atoms with E-state index in [1.165, 1.54) is 0 Å². The summed E-state index contributed by atoms with van der Waals surface area (Å²) in [6.07, 6.45) is 0.536. The van der Waals surface area contributed by atoms with Gasteiger partial charge >= 0.3 is 6.03 Å². The highest BCUT2D eigenvalue weighted by Crippen LogP contribution is 2.21. The second-order valence-corrected chi connectivity index (χ2v) is 7.43. The lowest BCUT2D eigenvalue weighted by Gasteiger charge is -2.33. The molecule has 2 amide bonds. The van der Waals surface area contributed by atoms with Crippen LogP contribution in [0.2, 0.25) is 0 Å². The van der Waals surface area contributed by atoms with E-state index in [4.69, 9.17) is 0 Å². The standard InChI is InChI=1S/C15H22N2O3S/c1-3-16(13-8-6-5-7-9-13)15(18)17(4-2)14-10-11-21(19,20)12-14/h5-9,14H,3-4,10-12H2,1-2H3. The van der Waals surface area contributed by atoms with E-state index in [2.05, 4.69) is 0 Å². The van der Waals surface area contributed by atoms with Crippen molar-refractivity contribution < 1.29 is 13.2 Å². The first-order valence-electron chi connectivity index (χ1n) is 7.32. The Morgan fingerprint density at radius 1 is 1.19 bits per heavy atom. The topological polar surface area (TPSA) is 57.7 Å². The maximum Gasteiger partial charge on any atom is 0.324 e. The zero-order valence-electron chi connectivity index (χ0n) is 12.5. The zero-order valence-corrected chi connectivity index (χ0v) is 13.3. The fraction of sp³-hybridized carbons (Fsp3) is 0.533. The molecule has 0 N–H and O–H groups in total. The number of carbonyl (C=O) groups is 1. The first kappa shape index (κ1) is 15.8. The lowest BCUT2D eigenvalue weighted by atomic mass is 10.2. The molecule has 0 bridgehead atoms. The molecule has 5 nitrogen and oxygen atoms in total. The Balaban J connectivity index is 2.19. The Morgan fingerprint density at radius 2 is 1.86 bits per heavy atom. The van der Waals surface area contributed by atoms with E-state index in [-0.39, 0.29) is 23.6 Å². The summed E-state index contributed by atoms with van der Waals surface area (Å²) in [5.41, 5.74) is 0.837. The number of nitrogens with zero attached hydrogens (tertiary/aromatic N) is 2. The molecule has 1 unspecified atom stereocenters. The van der Waals surface area contributed by atoms with Crippen LogP contribution in [0.5, 0.6) is 0 Å². The van der Waals surface area contributed by atoms with Crippen molar-refractivity contribution in [3.05, 3.63) is 30.3 Å². The van der Waals surface area contributed by atoms with Gasteiger partial charge in [0.15, 0.2) is 9.84 Å². The van der Waals surface area contributed by atoms with Gasteiger partial charge in [-0.15, -0.1) is 0 Å². The van der Waals surface area contributed by atoms with Crippen molar-refractivity contribution in [3.8, 4) is 0 Å². The third-order valence-corrected chi connectivity index (χ3v) is 5.60. The number of urea groups is 1. The summed E-state index contributed by atoms with van der Waals surface area (Å²) in [5.74, 6) is 0.262. The normalized spacial score (nSPS) is 20.2. The number of carbonyl (C=O) groups excluding carboxylic acids is 1. The molecule has 0 spiro atoms. The smallest absolute Gasteiger partial charge is 0.321 e. The maximum absolute atomic E-state index is 12.8. The zero-order chi connectivity index (χ0) is 15.5. The fourth-order valence-corrected chi connectivity index (χ4v) is 4.49. The number of para-hydroxylation sites is 1. The molecule has 0 saturated carbocycles. The lowest BCUT2D eigenvalue weighted by molar-refractivity contribution is 0.191. The maximum atomic E-state index is 12.8. The van der Waals surface area contributed by atoms with Gasteiger partial charge < -0.3 is 4.90 Å². The summed E-state index contributed by atoms with van der Waals surface area (Å²) in [4.78, 5) is 16.1. The van der Waals surface area contributed by atoms with Crippen molar-refractivity contribution in [3.63, 3.8) is 0 Å². The van der Waals surface area contributed by atoms with Crippen molar-refractivity contribution in [2.75, 3.05) is 29.5 Å². The number of amides is 2. The minimum Gasteiger partial charge on any atom is -0.321 e. The minimum absolute atomic E-state index is 0.0823. The molecule has 21 heavy (non-hydrogen) atoms. The molecule has 1 aliphatic heterocycles. The van der Waals surface area contributed by atoms with E-state index in [0.29, 0.717) is 19.5 Å². The highest BCUT2D eigenvalue weighted by molar-refractivity contribution is 7.91. The number of rotatable bonds is 4. The molecule has 0 aliphatic carbocycles. The van der Waals surface area contributed by atoms with Gasteiger partial charge in [0, 0.05) is 24.8 Å². The van der Waals surface area contributed by atoms with Gasteiger partial charge in [-0.05, 0) is 32.4 Å². The molecule has 1 aromatic rings. The summed E-state index contributed by atoms with van der Waals surface area (Å²) in [5, 5.41) is 0. The SMILES string of the molecule is CCN(C(=O)N(CC)C1CCS(=O)(=O)C1)c1ccccc1. The van der Waals surface area contributed by atoms with Crippen LogP contribution in [0.15, 0.2) is 30.3 Å². The summed E-state index contributed by atoms with van der Waals surface area (Å²) in [6, 6.07) is 9.14. The third kappa shape index (κ3) is 3.56. The summed E-state index contributed by atoms with van der Waals surface area (Å²) >= 11 is 0. The highest BCUT2D eigenvalue weighted by Gasteiger charge is 2.35. The third-order valence-electron chi connectivity index (χ3n) is 3.85. The first-order chi connectivity index (χ1) is 9.98. The van der Waals surface area contributed by atoms with Crippen molar-refractivity contribution in [1.29, 1.82) is 0 Å². The molecule has 0 radical (unpaired) electrons. The predicted octanol–water partition coefficient (Wildman–Crippen LogP) is 2.14. The van der Waals surface area contributed by atoms with Gasteiger partial charge in [-0.2, -0.15) is 0 Å². The molecule has 1 fully saturated rings. The molecule has 116 valence electrons. The van der Waals surface area contributed by atoms with Gasteiger partial charge in [-0.25, -0.2) is 13.2 Å². The molecule has 6 heteroatoms. The summed E-state index contributed by atoms with van der Waals surface area (Å²) < 4.78 is 23.3. The number of sulfone groups is 1. The van der Waals surface area contributed by atoms with Gasteiger partial charge in [0.1, 0.15) is 0 Å². The average molecular weight is 310 g/mol. The van der Waals surface area contributed by atoms with Crippen LogP contribution in [0.4, 0.5) is 10.5 Å². The van der Waals surface area contributed by atoms with Crippen LogP contribution in [0, 0.1) is 0 Å². The van der Waals surface area contributed by atoms with E-state index in [9.17, 15) is 13.2 Å². The van der Waals surface area contributed by atoms with Crippen LogP contribution < -0.4 is 4.90 Å². The predicted molar refractivity (Wildman–Crippen MR) is 84.3 cm³/mol. The van der Waals surface area contributed by atoms with Crippen LogP contribution >= 0.6 is 0 Å². The largest absolute Gasteiger partial charge is 0.324 e. The van der Waals surface area contributed by atoms with E-state index < -0.39 is 9.84 Å². The Morgan fingerprint density at radius 3 is 2.33 bits per heavy atom. The van der Waals surface area contributed by atoms with Gasteiger partial charge in [0.2, 0.25) is 0 Å². The van der Waals surface area contributed by atoms with Crippen molar-refractivity contribution in [2.45, 2.75) is 26.3 Å². The molecule has 1 heterocycles. The van der Waals surface area contributed by atoms with Crippen LogP contribution in [0.25, 0.3) is 0 Å². The van der Waals surface area contributed by atoms with E-state index in [0.717, 1.165) is 5.69 Å². The van der Waals surface area contributed by atoms with E-state index >= 15 is 0 Å². The van der Waals surface area contributed by atoms with Gasteiger partial charge in [0.25, 0.3) is 0 Å². The summed E-state index contributed by atoms with van der Waals surface area (Å²) in [6.45, 7) is 4.88.